The third-order valence-corrected chi connectivity index (χ3v) is 3.41. The molecule has 0 saturated carbocycles. The van der Waals surface area contributed by atoms with Gasteiger partial charge in [-0.3, -0.25) is 4.90 Å². The average molecular weight is 228 g/mol. The van der Waals surface area contributed by atoms with Crippen molar-refractivity contribution >= 4 is 0 Å². The van der Waals surface area contributed by atoms with Crippen molar-refractivity contribution in [1.82, 2.24) is 10.2 Å². The summed E-state index contributed by atoms with van der Waals surface area (Å²) in [5.41, 5.74) is 0. The van der Waals surface area contributed by atoms with Crippen molar-refractivity contribution < 1.29 is 5.11 Å². The molecule has 0 radical (unpaired) electrons. The van der Waals surface area contributed by atoms with E-state index in [4.69, 9.17) is 5.11 Å². The van der Waals surface area contributed by atoms with E-state index in [1.165, 1.54) is 38.8 Å². The van der Waals surface area contributed by atoms with E-state index in [0.717, 1.165) is 32.0 Å². The summed E-state index contributed by atoms with van der Waals surface area (Å²) in [7, 11) is 0. The number of piperidine rings is 1. The van der Waals surface area contributed by atoms with Gasteiger partial charge in [0.1, 0.15) is 0 Å². The van der Waals surface area contributed by atoms with Gasteiger partial charge in [0.05, 0.1) is 0 Å². The Kier molecular flexibility index (Phi) is 7.81. The molecular weight excluding hydrogens is 200 g/mol. The third-order valence-electron chi connectivity index (χ3n) is 3.41. The highest BCUT2D eigenvalue weighted by Gasteiger charge is 2.20. The average Bonchev–Trinajstić information content (AvgIpc) is 2.32. The molecule has 0 aromatic carbocycles. The Balaban J connectivity index is 2.20. The van der Waals surface area contributed by atoms with Gasteiger partial charge in [0.25, 0.3) is 0 Å². The molecule has 1 unspecified atom stereocenters. The first-order valence-corrected chi connectivity index (χ1v) is 6.94. The van der Waals surface area contributed by atoms with E-state index in [1.54, 1.807) is 0 Å². The van der Waals surface area contributed by atoms with Crippen molar-refractivity contribution in [1.29, 1.82) is 0 Å². The second-order valence-electron chi connectivity index (χ2n) is 4.82. The smallest absolute Gasteiger partial charge is 0.0431 e. The third kappa shape index (κ3) is 5.28. The van der Waals surface area contributed by atoms with Crippen molar-refractivity contribution in [3.05, 3.63) is 0 Å². The minimum atomic E-state index is 0.340. The summed E-state index contributed by atoms with van der Waals surface area (Å²) in [6, 6.07) is 0.735. The van der Waals surface area contributed by atoms with E-state index < -0.39 is 0 Å². The van der Waals surface area contributed by atoms with Gasteiger partial charge in [0.15, 0.2) is 0 Å². The van der Waals surface area contributed by atoms with E-state index in [1.807, 2.05) is 0 Å². The molecule has 16 heavy (non-hydrogen) atoms. The molecular formula is C13H28N2O. The molecule has 3 heteroatoms. The lowest BCUT2D eigenvalue weighted by atomic mass is 10.0. The monoisotopic (exact) mass is 228 g/mol. The van der Waals surface area contributed by atoms with Crippen LogP contribution in [0.25, 0.3) is 0 Å². The fourth-order valence-electron chi connectivity index (χ4n) is 2.46. The summed E-state index contributed by atoms with van der Waals surface area (Å²) in [6.45, 7) is 7.26. The van der Waals surface area contributed by atoms with E-state index in [0.29, 0.717) is 6.61 Å². The largest absolute Gasteiger partial charge is 0.396 e. The van der Waals surface area contributed by atoms with Crippen LogP contribution in [0, 0.1) is 0 Å². The van der Waals surface area contributed by atoms with Crippen LogP contribution in [0.2, 0.25) is 0 Å². The first-order chi connectivity index (χ1) is 7.88. The van der Waals surface area contributed by atoms with Crippen molar-refractivity contribution in [3.63, 3.8) is 0 Å². The number of likely N-dealkylation sites (tertiary alicyclic amines) is 1. The second kappa shape index (κ2) is 8.97. The number of nitrogens with zero attached hydrogens (tertiary/aromatic N) is 1. The molecule has 96 valence electrons. The topological polar surface area (TPSA) is 35.5 Å². The summed E-state index contributed by atoms with van der Waals surface area (Å²) < 4.78 is 0. The number of hydrogen-bond donors (Lipinski definition) is 2. The maximum absolute atomic E-state index is 8.80. The quantitative estimate of drug-likeness (QED) is 0.620. The molecule has 0 amide bonds. The van der Waals surface area contributed by atoms with Gasteiger partial charge in [-0.25, -0.2) is 0 Å². The number of rotatable bonds is 8. The van der Waals surface area contributed by atoms with Crippen LogP contribution in [0.4, 0.5) is 0 Å². The van der Waals surface area contributed by atoms with Crippen molar-refractivity contribution in [2.24, 2.45) is 0 Å². The van der Waals surface area contributed by atoms with E-state index >= 15 is 0 Å². The Hall–Kier alpha value is -0.120. The minimum Gasteiger partial charge on any atom is -0.396 e. The summed E-state index contributed by atoms with van der Waals surface area (Å²) in [5.74, 6) is 0. The number of aliphatic hydroxyl groups excluding tert-OH is 1. The Bertz CT molecular complexity index is 146. The number of nitrogens with one attached hydrogen (secondary N) is 1. The summed E-state index contributed by atoms with van der Waals surface area (Å²) in [6.07, 6.45) is 7.39. The highest BCUT2D eigenvalue weighted by Crippen LogP contribution is 2.16. The minimum absolute atomic E-state index is 0.340. The van der Waals surface area contributed by atoms with Crippen LogP contribution in [-0.4, -0.2) is 48.8 Å². The molecule has 1 heterocycles. The maximum Gasteiger partial charge on any atom is 0.0431 e. The molecule has 0 aromatic heterocycles. The second-order valence-corrected chi connectivity index (χ2v) is 4.82. The molecule has 0 aliphatic carbocycles. The lowest BCUT2D eigenvalue weighted by Gasteiger charge is -2.36. The molecule has 1 atom stereocenters. The van der Waals surface area contributed by atoms with Crippen LogP contribution in [-0.2, 0) is 0 Å². The lowest BCUT2D eigenvalue weighted by Crippen LogP contribution is -2.46. The van der Waals surface area contributed by atoms with Crippen molar-refractivity contribution in [3.8, 4) is 0 Å². The summed E-state index contributed by atoms with van der Waals surface area (Å²) in [4.78, 5) is 2.61. The zero-order chi connectivity index (χ0) is 11.6. The molecule has 2 N–H and O–H groups in total. The Labute approximate surface area is 100 Å². The van der Waals surface area contributed by atoms with Crippen LogP contribution in [0.5, 0.6) is 0 Å². The predicted molar refractivity (Wildman–Crippen MR) is 68.7 cm³/mol. The number of hydrogen-bond acceptors (Lipinski definition) is 3. The summed E-state index contributed by atoms with van der Waals surface area (Å²) in [5, 5.41) is 12.3. The molecule has 1 fully saturated rings. The molecule has 1 rings (SSSR count). The van der Waals surface area contributed by atoms with E-state index in [2.05, 4.69) is 17.1 Å². The molecule has 1 aliphatic rings. The highest BCUT2D eigenvalue weighted by atomic mass is 16.2. The van der Waals surface area contributed by atoms with Crippen LogP contribution in [0.1, 0.15) is 45.4 Å². The van der Waals surface area contributed by atoms with Gasteiger partial charge >= 0.3 is 0 Å². The molecule has 0 bridgehead atoms. The van der Waals surface area contributed by atoms with E-state index in [9.17, 15) is 0 Å². The summed E-state index contributed by atoms with van der Waals surface area (Å²) >= 11 is 0. The highest BCUT2D eigenvalue weighted by molar-refractivity contribution is 4.78. The molecule has 3 nitrogen and oxygen atoms in total. The molecule has 1 aliphatic heterocycles. The SMILES string of the molecule is CCCNCC1CCCCN1CCCCO. The standard InChI is InChI=1S/C13H28N2O/c1-2-8-14-12-13-7-3-4-9-15(13)10-5-6-11-16/h13-14,16H,2-12H2,1H3. The Morgan fingerprint density at radius 3 is 2.94 bits per heavy atom. The van der Waals surface area contributed by atoms with Crippen molar-refractivity contribution in [2.45, 2.75) is 51.5 Å². The Morgan fingerprint density at radius 1 is 1.31 bits per heavy atom. The number of aliphatic hydroxyl groups is 1. The molecule has 0 spiro atoms. The molecule has 0 aromatic rings. The fourth-order valence-corrected chi connectivity index (χ4v) is 2.46. The van der Waals surface area contributed by atoms with E-state index in [-0.39, 0.29) is 0 Å². The zero-order valence-electron chi connectivity index (χ0n) is 10.7. The molecule has 1 saturated heterocycles. The van der Waals surface area contributed by atoms with Gasteiger partial charge in [-0.15, -0.1) is 0 Å². The zero-order valence-corrected chi connectivity index (χ0v) is 10.7. The Morgan fingerprint density at radius 2 is 2.19 bits per heavy atom. The van der Waals surface area contributed by atoms with Gasteiger partial charge in [0, 0.05) is 19.2 Å². The van der Waals surface area contributed by atoms with Gasteiger partial charge in [-0.05, 0) is 51.7 Å². The maximum atomic E-state index is 8.80. The van der Waals surface area contributed by atoms with Crippen LogP contribution in [0.3, 0.4) is 0 Å². The number of unbranched alkanes of at least 4 members (excludes halogenated alkanes) is 1. The van der Waals surface area contributed by atoms with Crippen LogP contribution >= 0.6 is 0 Å². The van der Waals surface area contributed by atoms with Crippen LogP contribution in [0.15, 0.2) is 0 Å². The van der Waals surface area contributed by atoms with Gasteiger partial charge in [-0.1, -0.05) is 13.3 Å². The van der Waals surface area contributed by atoms with Gasteiger partial charge in [0.2, 0.25) is 0 Å². The van der Waals surface area contributed by atoms with Crippen LogP contribution < -0.4 is 5.32 Å². The first-order valence-electron chi connectivity index (χ1n) is 6.94. The van der Waals surface area contributed by atoms with Crippen molar-refractivity contribution in [2.75, 3.05) is 32.8 Å². The predicted octanol–water partition coefficient (Wildman–Crippen LogP) is 1.61. The fraction of sp³-hybridized carbons (Fsp3) is 1.00. The lowest BCUT2D eigenvalue weighted by molar-refractivity contribution is 0.139. The van der Waals surface area contributed by atoms with Gasteiger partial charge in [-0.2, -0.15) is 0 Å². The van der Waals surface area contributed by atoms with Gasteiger partial charge < -0.3 is 10.4 Å². The normalized spacial score (nSPS) is 22.5. The first kappa shape index (κ1) is 13.9.